The molecule has 0 saturated carbocycles. The highest BCUT2D eigenvalue weighted by Gasteiger charge is 2.32. The lowest BCUT2D eigenvalue weighted by Gasteiger charge is -2.29. The third kappa shape index (κ3) is 1.77. The van der Waals surface area contributed by atoms with Crippen LogP contribution in [0.25, 0.3) is 0 Å². The number of aliphatic hydroxyl groups excluding tert-OH is 2. The molecular weight excluding hydrogens is 148 g/mol. The Morgan fingerprint density at radius 1 is 1.73 bits per heavy atom. The van der Waals surface area contributed by atoms with Gasteiger partial charge >= 0.3 is 0 Å². The molecule has 2 N–H and O–H groups in total. The van der Waals surface area contributed by atoms with Crippen molar-refractivity contribution in [3.8, 4) is 0 Å². The number of ketones is 1. The fraction of sp³-hybridized carbons (Fsp3) is 0.857. The molecule has 0 amide bonds. The van der Waals surface area contributed by atoms with E-state index in [0.717, 1.165) is 0 Å². The molecule has 0 aliphatic carbocycles. The minimum Gasteiger partial charge on any atom is -0.394 e. The number of aliphatic hydroxyl groups is 2. The minimum atomic E-state index is -0.844. The Balaban J connectivity index is 2.54. The van der Waals surface area contributed by atoms with Crippen molar-refractivity contribution in [2.24, 2.45) is 0 Å². The number of hydrogen-bond acceptors (Lipinski definition) is 4. The number of rotatable bonds is 1. The van der Waals surface area contributed by atoms with Crippen LogP contribution in [0.15, 0.2) is 0 Å². The van der Waals surface area contributed by atoms with Gasteiger partial charge in [-0.3, -0.25) is 4.79 Å². The summed E-state index contributed by atoms with van der Waals surface area (Å²) in [7, 11) is 0. The third-order valence-electron chi connectivity index (χ3n) is 1.85. The minimum absolute atomic E-state index is 0.0897. The van der Waals surface area contributed by atoms with E-state index < -0.39 is 18.3 Å². The molecular formula is C7H12O4. The topological polar surface area (TPSA) is 66.8 Å². The van der Waals surface area contributed by atoms with E-state index in [0.29, 0.717) is 0 Å². The number of carbonyl (C=O) groups is 1. The first-order valence-corrected chi connectivity index (χ1v) is 3.62. The van der Waals surface area contributed by atoms with Gasteiger partial charge in [0.1, 0.15) is 12.2 Å². The maximum atomic E-state index is 10.9. The van der Waals surface area contributed by atoms with Crippen molar-refractivity contribution < 1.29 is 19.7 Å². The van der Waals surface area contributed by atoms with Crippen molar-refractivity contribution >= 4 is 5.78 Å². The Hall–Kier alpha value is -0.450. The van der Waals surface area contributed by atoms with Gasteiger partial charge in [-0.2, -0.15) is 0 Å². The van der Waals surface area contributed by atoms with Crippen molar-refractivity contribution in [2.45, 2.75) is 31.7 Å². The first-order chi connectivity index (χ1) is 5.15. The average molecular weight is 160 g/mol. The molecule has 0 aromatic rings. The summed E-state index contributed by atoms with van der Waals surface area (Å²) in [6.45, 7) is 1.38. The van der Waals surface area contributed by atoms with E-state index >= 15 is 0 Å². The third-order valence-corrected chi connectivity index (χ3v) is 1.85. The maximum Gasteiger partial charge on any atom is 0.163 e. The normalized spacial score (nSPS) is 39.2. The number of hydrogen-bond donors (Lipinski definition) is 2. The van der Waals surface area contributed by atoms with Crippen LogP contribution in [0.3, 0.4) is 0 Å². The monoisotopic (exact) mass is 160 g/mol. The van der Waals surface area contributed by atoms with E-state index in [4.69, 9.17) is 14.9 Å². The van der Waals surface area contributed by atoms with Gasteiger partial charge in [0.05, 0.1) is 12.7 Å². The highest BCUT2D eigenvalue weighted by atomic mass is 16.5. The van der Waals surface area contributed by atoms with Gasteiger partial charge in [0.25, 0.3) is 0 Å². The van der Waals surface area contributed by atoms with Crippen LogP contribution >= 0.6 is 0 Å². The smallest absolute Gasteiger partial charge is 0.163 e. The lowest BCUT2D eigenvalue weighted by atomic mass is 10.0. The van der Waals surface area contributed by atoms with Gasteiger partial charge in [-0.05, 0) is 6.92 Å². The van der Waals surface area contributed by atoms with Gasteiger partial charge < -0.3 is 14.9 Å². The van der Waals surface area contributed by atoms with Crippen LogP contribution in [0.1, 0.15) is 13.3 Å². The van der Waals surface area contributed by atoms with Crippen LogP contribution < -0.4 is 0 Å². The number of Topliss-reactive ketones (excluding diaryl/α,β-unsaturated/α-hetero) is 1. The molecule has 11 heavy (non-hydrogen) atoms. The fourth-order valence-corrected chi connectivity index (χ4v) is 1.10. The first-order valence-electron chi connectivity index (χ1n) is 3.62. The zero-order chi connectivity index (χ0) is 8.43. The lowest BCUT2D eigenvalue weighted by Crippen LogP contribution is -2.45. The van der Waals surface area contributed by atoms with E-state index in [1.807, 2.05) is 0 Å². The molecule has 1 aliphatic heterocycles. The Bertz CT molecular complexity index is 157. The maximum absolute atomic E-state index is 10.9. The molecule has 0 aromatic heterocycles. The van der Waals surface area contributed by atoms with Gasteiger partial charge in [0, 0.05) is 6.42 Å². The standard InChI is InChI=1S/C7H12O4/c1-4-5(9)2-6(10)7(3-8)11-4/h4,6-8,10H,2-3H2,1H3. The van der Waals surface area contributed by atoms with Crippen LogP contribution in [0, 0.1) is 0 Å². The van der Waals surface area contributed by atoms with E-state index in [-0.39, 0.29) is 18.8 Å². The molecule has 64 valence electrons. The lowest BCUT2D eigenvalue weighted by molar-refractivity contribution is -0.160. The Kier molecular flexibility index (Phi) is 2.59. The quantitative estimate of drug-likeness (QED) is 0.521. The largest absolute Gasteiger partial charge is 0.394 e. The van der Waals surface area contributed by atoms with Gasteiger partial charge in [-0.1, -0.05) is 0 Å². The molecule has 1 fully saturated rings. The molecule has 0 bridgehead atoms. The Morgan fingerprint density at radius 3 is 2.91 bits per heavy atom. The molecule has 0 spiro atoms. The van der Waals surface area contributed by atoms with E-state index in [9.17, 15) is 4.79 Å². The Labute approximate surface area is 64.8 Å². The molecule has 4 heteroatoms. The highest BCUT2D eigenvalue weighted by molar-refractivity contribution is 5.83. The molecule has 0 radical (unpaired) electrons. The second-order valence-electron chi connectivity index (χ2n) is 2.74. The van der Waals surface area contributed by atoms with E-state index in [1.165, 1.54) is 0 Å². The summed E-state index contributed by atoms with van der Waals surface area (Å²) in [6.07, 6.45) is -1.84. The van der Waals surface area contributed by atoms with Crippen molar-refractivity contribution in [2.75, 3.05) is 6.61 Å². The summed E-state index contributed by atoms with van der Waals surface area (Å²) in [6, 6.07) is 0. The summed E-state index contributed by atoms with van der Waals surface area (Å²) in [4.78, 5) is 10.9. The molecule has 4 nitrogen and oxygen atoms in total. The van der Waals surface area contributed by atoms with Crippen LogP contribution in [0.2, 0.25) is 0 Å². The Morgan fingerprint density at radius 2 is 2.36 bits per heavy atom. The second-order valence-corrected chi connectivity index (χ2v) is 2.74. The number of ether oxygens (including phenoxy) is 1. The fourth-order valence-electron chi connectivity index (χ4n) is 1.10. The van der Waals surface area contributed by atoms with Gasteiger partial charge in [-0.25, -0.2) is 0 Å². The summed E-state index contributed by atoms with van der Waals surface area (Å²) in [5.74, 6) is -0.109. The predicted molar refractivity (Wildman–Crippen MR) is 37.1 cm³/mol. The molecule has 1 aliphatic rings. The van der Waals surface area contributed by atoms with Gasteiger partial charge in [0.15, 0.2) is 5.78 Å². The van der Waals surface area contributed by atoms with Crippen LogP contribution in [-0.2, 0) is 9.53 Å². The molecule has 1 heterocycles. The predicted octanol–water partition coefficient (Wildman–Crippen LogP) is -0.914. The molecule has 3 atom stereocenters. The molecule has 3 unspecified atom stereocenters. The van der Waals surface area contributed by atoms with Crippen LogP contribution in [0.4, 0.5) is 0 Å². The summed E-state index contributed by atoms with van der Waals surface area (Å²) < 4.78 is 5.01. The van der Waals surface area contributed by atoms with E-state index in [2.05, 4.69) is 0 Å². The zero-order valence-electron chi connectivity index (χ0n) is 6.36. The molecule has 0 aromatic carbocycles. The summed E-state index contributed by atoms with van der Waals surface area (Å²) in [5.41, 5.74) is 0. The van der Waals surface area contributed by atoms with Crippen LogP contribution in [0.5, 0.6) is 0 Å². The molecule has 1 saturated heterocycles. The van der Waals surface area contributed by atoms with Crippen molar-refractivity contribution in [1.29, 1.82) is 0 Å². The van der Waals surface area contributed by atoms with Crippen molar-refractivity contribution in [3.63, 3.8) is 0 Å². The van der Waals surface area contributed by atoms with Crippen molar-refractivity contribution in [1.82, 2.24) is 0 Å². The van der Waals surface area contributed by atoms with E-state index in [1.54, 1.807) is 6.92 Å². The zero-order valence-corrected chi connectivity index (χ0v) is 6.36. The average Bonchev–Trinajstić information content (AvgIpc) is 1.97. The van der Waals surface area contributed by atoms with Crippen LogP contribution in [-0.4, -0.2) is 40.9 Å². The number of carbonyl (C=O) groups excluding carboxylic acids is 1. The van der Waals surface area contributed by atoms with Gasteiger partial charge in [0.2, 0.25) is 0 Å². The molecule has 1 rings (SSSR count). The summed E-state index contributed by atoms with van der Waals surface area (Å²) in [5, 5.41) is 17.8. The highest BCUT2D eigenvalue weighted by Crippen LogP contribution is 2.15. The van der Waals surface area contributed by atoms with Gasteiger partial charge in [-0.15, -0.1) is 0 Å². The first kappa shape index (κ1) is 8.64. The SMILES string of the molecule is CC1OC(CO)C(O)CC1=O. The van der Waals surface area contributed by atoms with Crippen molar-refractivity contribution in [3.05, 3.63) is 0 Å². The summed E-state index contributed by atoms with van der Waals surface area (Å²) >= 11 is 0. The second kappa shape index (κ2) is 3.30.